The van der Waals surface area contributed by atoms with Crippen LogP contribution in [-0.2, 0) is 11.2 Å². The van der Waals surface area contributed by atoms with Crippen molar-refractivity contribution in [3.8, 4) is 23.0 Å². The van der Waals surface area contributed by atoms with Gasteiger partial charge in [0.2, 0.25) is 12.7 Å². The zero-order valence-electron chi connectivity index (χ0n) is 17.6. The van der Waals surface area contributed by atoms with Crippen LogP contribution in [0.3, 0.4) is 0 Å². The predicted octanol–water partition coefficient (Wildman–Crippen LogP) is 3.67. The number of hydrogen-bond acceptors (Lipinski definition) is 6. The van der Waals surface area contributed by atoms with Gasteiger partial charge in [-0.25, -0.2) is 9.69 Å². The highest BCUT2D eigenvalue weighted by Gasteiger charge is 2.43. The van der Waals surface area contributed by atoms with Crippen LogP contribution >= 0.6 is 0 Å². The van der Waals surface area contributed by atoms with Crippen LogP contribution in [0, 0.1) is 0 Å². The summed E-state index contributed by atoms with van der Waals surface area (Å²) in [6, 6.07) is 8.39. The lowest BCUT2D eigenvalue weighted by molar-refractivity contribution is -0.120. The van der Waals surface area contributed by atoms with E-state index in [1.807, 2.05) is 26.0 Å². The van der Waals surface area contributed by atoms with Crippen LogP contribution in [0.1, 0.15) is 37.4 Å². The largest absolute Gasteiger partial charge is 0.490 e. The highest BCUT2D eigenvalue weighted by Crippen LogP contribution is 2.43. The van der Waals surface area contributed by atoms with Gasteiger partial charge in [-0.2, -0.15) is 0 Å². The second-order valence-corrected chi connectivity index (χ2v) is 7.58. The number of fused-ring (bicyclic) bond motifs is 4. The molecule has 0 aromatic heterocycles. The third kappa shape index (κ3) is 3.22. The summed E-state index contributed by atoms with van der Waals surface area (Å²) in [4.78, 5) is 29.5. The molecule has 5 rings (SSSR count). The Labute approximate surface area is 180 Å². The number of imide groups is 1. The van der Waals surface area contributed by atoms with Gasteiger partial charge in [-0.05, 0) is 55.7 Å². The normalized spacial score (nSPS) is 19.2. The molecule has 0 bridgehead atoms. The van der Waals surface area contributed by atoms with Gasteiger partial charge in [-0.1, -0.05) is 0 Å². The van der Waals surface area contributed by atoms with Gasteiger partial charge in [0.15, 0.2) is 23.0 Å². The third-order valence-corrected chi connectivity index (χ3v) is 5.83. The Morgan fingerprint density at radius 1 is 1.00 bits per heavy atom. The summed E-state index contributed by atoms with van der Waals surface area (Å²) in [6.45, 7) is 5.55. The Bertz CT molecular complexity index is 1050. The number of benzene rings is 2. The summed E-state index contributed by atoms with van der Waals surface area (Å²) < 4.78 is 22.3. The minimum atomic E-state index is -0.322. The summed E-state index contributed by atoms with van der Waals surface area (Å²) in [7, 11) is 0. The van der Waals surface area contributed by atoms with Crippen LogP contribution in [0.5, 0.6) is 23.0 Å². The first-order valence-corrected chi connectivity index (χ1v) is 10.6. The molecule has 0 spiro atoms. The molecule has 2 aromatic carbocycles. The number of urea groups is 1. The number of rotatable bonds is 5. The van der Waals surface area contributed by atoms with E-state index in [-0.39, 0.29) is 31.2 Å². The van der Waals surface area contributed by atoms with Gasteiger partial charge in [0.1, 0.15) is 0 Å². The summed E-state index contributed by atoms with van der Waals surface area (Å²) in [5, 5.41) is 0. The molecule has 3 amide bonds. The van der Waals surface area contributed by atoms with Crippen molar-refractivity contribution in [1.82, 2.24) is 4.90 Å². The maximum atomic E-state index is 13.4. The quantitative estimate of drug-likeness (QED) is 0.729. The average molecular weight is 424 g/mol. The van der Waals surface area contributed by atoms with Crippen molar-refractivity contribution in [1.29, 1.82) is 0 Å². The van der Waals surface area contributed by atoms with Crippen molar-refractivity contribution in [3.63, 3.8) is 0 Å². The predicted molar refractivity (Wildman–Crippen MR) is 112 cm³/mol. The summed E-state index contributed by atoms with van der Waals surface area (Å²) in [5.74, 6) is 2.24. The molecule has 3 aliphatic rings. The van der Waals surface area contributed by atoms with Gasteiger partial charge >= 0.3 is 6.03 Å². The lowest BCUT2D eigenvalue weighted by atomic mass is 9.88. The van der Waals surface area contributed by atoms with E-state index in [4.69, 9.17) is 18.9 Å². The van der Waals surface area contributed by atoms with Crippen LogP contribution in [0.25, 0.3) is 0 Å². The van der Waals surface area contributed by atoms with Gasteiger partial charge in [-0.3, -0.25) is 4.79 Å². The average Bonchev–Trinajstić information content (AvgIpc) is 3.22. The SMILES string of the molecule is CCOc1cc2c(cc1OCC)[C@@H]1CC(=O)N(c3ccc4c(c3)OCO4)C(=O)N1CC2. The molecule has 3 heterocycles. The zero-order valence-corrected chi connectivity index (χ0v) is 17.6. The molecule has 1 atom stereocenters. The van der Waals surface area contributed by atoms with Crippen molar-refractivity contribution in [2.75, 3.05) is 31.5 Å². The van der Waals surface area contributed by atoms with Crippen molar-refractivity contribution in [2.45, 2.75) is 32.7 Å². The molecule has 8 heteroatoms. The first-order chi connectivity index (χ1) is 15.1. The number of ether oxygens (including phenoxy) is 4. The minimum Gasteiger partial charge on any atom is -0.490 e. The van der Waals surface area contributed by atoms with Gasteiger partial charge in [0, 0.05) is 12.6 Å². The molecule has 31 heavy (non-hydrogen) atoms. The first kappa shape index (κ1) is 19.5. The number of carbonyl (C=O) groups is 2. The van der Waals surface area contributed by atoms with Crippen molar-refractivity contribution < 1.29 is 28.5 Å². The molecule has 162 valence electrons. The second-order valence-electron chi connectivity index (χ2n) is 7.58. The lowest BCUT2D eigenvalue weighted by Crippen LogP contribution is -2.55. The van der Waals surface area contributed by atoms with E-state index < -0.39 is 0 Å². The van der Waals surface area contributed by atoms with E-state index in [0.717, 1.165) is 11.1 Å². The fourth-order valence-electron chi connectivity index (χ4n) is 4.47. The van der Waals surface area contributed by atoms with Crippen LogP contribution in [0.15, 0.2) is 30.3 Å². The van der Waals surface area contributed by atoms with E-state index in [0.29, 0.717) is 54.9 Å². The Morgan fingerprint density at radius 2 is 1.74 bits per heavy atom. The number of anilines is 1. The van der Waals surface area contributed by atoms with Crippen molar-refractivity contribution >= 4 is 17.6 Å². The lowest BCUT2D eigenvalue weighted by Gasteiger charge is -2.43. The Hall–Kier alpha value is -3.42. The minimum absolute atomic E-state index is 0.136. The summed E-state index contributed by atoms with van der Waals surface area (Å²) in [6.07, 6.45) is 0.889. The molecule has 0 unspecified atom stereocenters. The van der Waals surface area contributed by atoms with Gasteiger partial charge in [0.25, 0.3) is 0 Å². The molecule has 0 aliphatic carbocycles. The molecule has 1 fully saturated rings. The van der Waals surface area contributed by atoms with Crippen molar-refractivity contribution in [3.05, 3.63) is 41.5 Å². The maximum absolute atomic E-state index is 13.4. The molecule has 2 aromatic rings. The van der Waals surface area contributed by atoms with E-state index in [1.165, 1.54) is 4.90 Å². The third-order valence-electron chi connectivity index (χ3n) is 5.83. The second kappa shape index (κ2) is 7.68. The smallest absolute Gasteiger partial charge is 0.331 e. The van der Waals surface area contributed by atoms with Crippen LogP contribution in [0.4, 0.5) is 10.5 Å². The number of hydrogen-bond donors (Lipinski definition) is 0. The van der Waals surface area contributed by atoms with E-state index in [1.54, 1.807) is 23.1 Å². The number of nitrogens with zero attached hydrogens (tertiary/aromatic N) is 2. The number of carbonyl (C=O) groups excluding carboxylic acids is 2. The van der Waals surface area contributed by atoms with E-state index in [2.05, 4.69) is 0 Å². The van der Waals surface area contributed by atoms with Crippen LogP contribution in [0.2, 0.25) is 0 Å². The first-order valence-electron chi connectivity index (χ1n) is 10.6. The molecular weight excluding hydrogens is 400 g/mol. The maximum Gasteiger partial charge on any atom is 0.331 e. The number of amides is 3. The molecule has 0 N–H and O–H groups in total. The van der Waals surface area contributed by atoms with Crippen molar-refractivity contribution in [2.24, 2.45) is 0 Å². The van der Waals surface area contributed by atoms with Gasteiger partial charge in [0.05, 0.1) is 31.4 Å². The Balaban J connectivity index is 1.48. The Kier molecular flexibility index (Phi) is 4.84. The molecule has 0 saturated carbocycles. The van der Waals surface area contributed by atoms with Crippen LogP contribution < -0.4 is 23.8 Å². The van der Waals surface area contributed by atoms with Gasteiger partial charge < -0.3 is 23.8 Å². The molecule has 0 radical (unpaired) electrons. The Morgan fingerprint density at radius 3 is 2.52 bits per heavy atom. The molecular formula is C23H24N2O6. The molecule has 8 nitrogen and oxygen atoms in total. The molecule has 1 saturated heterocycles. The molecule has 3 aliphatic heterocycles. The monoisotopic (exact) mass is 424 g/mol. The zero-order chi connectivity index (χ0) is 21.5. The standard InChI is InChI=1S/C23H24N2O6/c1-3-28-19-9-14-7-8-24-17(16(14)11-21(19)29-4-2)12-22(26)25(23(24)27)15-5-6-18-20(10-15)31-13-30-18/h5-6,9-11,17H,3-4,7-8,12-13H2,1-2H3/t17-/m0/s1. The summed E-state index contributed by atoms with van der Waals surface area (Å²) >= 11 is 0. The highest BCUT2D eigenvalue weighted by molar-refractivity contribution is 6.16. The van der Waals surface area contributed by atoms with Gasteiger partial charge in [-0.15, -0.1) is 0 Å². The highest BCUT2D eigenvalue weighted by atomic mass is 16.7. The van der Waals surface area contributed by atoms with E-state index in [9.17, 15) is 9.59 Å². The summed E-state index contributed by atoms with van der Waals surface area (Å²) in [5.41, 5.74) is 2.53. The van der Waals surface area contributed by atoms with Crippen LogP contribution in [-0.4, -0.2) is 43.4 Å². The topological polar surface area (TPSA) is 77.5 Å². The fraction of sp³-hybridized carbons (Fsp3) is 0.391. The van der Waals surface area contributed by atoms with E-state index >= 15 is 0 Å². The fourth-order valence-corrected chi connectivity index (χ4v) is 4.47.